The van der Waals surface area contributed by atoms with Crippen LogP contribution in [0, 0.1) is 5.92 Å². The number of esters is 2. The Morgan fingerprint density at radius 3 is 2.28 bits per heavy atom. The first-order chi connectivity index (χ1) is 15.3. The van der Waals surface area contributed by atoms with E-state index in [2.05, 4.69) is 0 Å². The Hall–Kier alpha value is -2.84. The zero-order valence-electron chi connectivity index (χ0n) is 17.8. The van der Waals surface area contributed by atoms with Crippen molar-refractivity contribution in [1.29, 1.82) is 0 Å². The molecule has 1 spiro atoms. The van der Waals surface area contributed by atoms with E-state index in [9.17, 15) is 14.7 Å². The maximum Gasteiger partial charge on any atom is 0.323 e. The van der Waals surface area contributed by atoms with Crippen LogP contribution >= 0.6 is 0 Å². The topological polar surface area (TPSA) is 101 Å². The average molecular weight is 440 g/mol. The van der Waals surface area contributed by atoms with Gasteiger partial charge in [0.05, 0.1) is 11.5 Å². The van der Waals surface area contributed by atoms with Crippen LogP contribution in [0.4, 0.5) is 0 Å². The summed E-state index contributed by atoms with van der Waals surface area (Å²) < 4.78 is 30.5. The van der Waals surface area contributed by atoms with Crippen LogP contribution < -0.4 is 9.47 Å². The molecule has 1 N–H and O–H groups in total. The fraction of sp³-hybridized carbons (Fsp3) is 0.500. The van der Waals surface area contributed by atoms with Crippen molar-refractivity contribution in [2.24, 2.45) is 5.92 Å². The summed E-state index contributed by atoms with van der Waals surface area (Å²) in [6.07, 6.45) is -1.35. The molecular formula is C24H24O8. The highest BCUT2D eigenvalue weighted by Gasteiger charge is 2.80. The third-order valence-electron chi connectivity index (χ3n) is 7.28. The van der Waals surface area contributed by atoms with Gasteiger partial charge < -0.3 is 28.8 Å². The molecule has 168 valence electrons. The lowest BCUT2D eigenvalue weighted by Gasteiger charge is -2.66. The smallest absolute Gasteiger partial charge is 0.323 e. The van der Waals surface area contributed by atoms with Crippen molar-refractivity contribution < 1.29 is 38.4 Å². The van der Waals surface area contributed by atoms with Gasteiger partial charge in [0.25, 0.3) is 0 Å². The lowest BCUT2D eigenvalue weighted by molar-refractivity contribution is -0.423. The van der Waals surface area contributed by atoms with E-state index in [1.54, 1.807) is 0 Å². The Morgan fingerprint density at radius 1 is 1.00 bits per heavy atom. The number of carbonyl (C=O) groups excluding carboxylic acids is 2. The summed E-state index contributed by atoms with van der Waals surface area (Å²) in [6.45, 7) is 2.66. The van der Waals surface area contributed by atoms with Crippen molar-refractivity contribution in [3.8, 4) is 11.5 Å². The van der Waals surface area contributed by atoms with Gasteiger partial charge in [-0.25, -0.2) is 0 Å². The average Bonchev–Trinajstić information content (AvgIpc) is 2.73. The molecule has 0 aromatic heterocycles. The molecular weight excluding hydrogens is 416 g/mol. The Morgan fingerprint density at radius 2 is 1.66 bits per heavy atom. The molecule has 4 fully saturated rings. The van der Waals surface area contributed by atoms with Crippen LogP contribution in [0.15, 0.2) is 36.4 Å². The summed E-state index contributed by atoms with van der Waals surface area (Å²) in [5.41, 5.74) is -1.71. The fourth-order valence-electron chi connectivity index (χ4n) is 6.19. The van der Waals surface area contributed by atoms with Gasteiger partial charge in [0.1, 0.15) is 23.7 Å². The lowest BCUT2D eigenvalue weighted by atomic mass is 9.57. The minimum absolute atomic E-state index is 0.350. The van der Waals surface area contributed by atoms with Gasteiger partial charge in [0, 0.05) is 19.8 Å². The van der Waals surface area contributed by atoms with Crippen molar-refractivity contribution in [3.63, 3.8) is 0 Å². The number of rotatable bonds is 2. The first-order valence-electron chi connectivity index (χ1n) is 11.0. The number of hydrogen-bond acceptors (Lipinski definition) is 8. The Kier molecular flexibility index (Phi) is 4.08. The third kappa shape index (κ3) is 2.45. The second-order valence-electron chi connectivity index (χ2n) is 9.07. The van der Waals surface area contributed by atoms with E-state index in [1.165, 1.54) is 13.8 Å². The molecule has 4 bridgehead atoms. The first-order valence-corrected chi connectivity index (χ1v) is 11.0. The highest BCUT2D eigenvalue weighted by atomic mass is 16.8. The van der Waals surface area contributed by atoms with E-state index in [4.69, 9.17) is 23.7 Å². The molecule has 0 amide bonds. The largest absolute Gasteiger partial charge is 0.462 e. The van der Waals surface area contributed by atoms with Crippen LogP contribution in [0.25, 0.3) is 10.8 Å². The van der Waals surface area contributed by atoms with Crippen molar-refractivity contribution in [2.75, 3.05) is 0 Å². The summed E-state index contributed by atoms with van der Waals surface area (Å²) in [5.74, 6) is -2.11. The van der Waals surface area contributed by atoms with Gasteiger partial charge >= 0.3 is 17.7 Å². The Labute approximate surface area is 184 Å². The van der Waals surface area contributed by atoms with Gasteiger partial charge in [-0.2, -0.15) is 0 Å². The van der Waals surface area contributed by atoms with Crippen LogP contribution in [0.1, 0.15) is 33.1 Å². The SMILES string of the molecule is CC(=O)O[C@H]1CC[C@H]2O[C@H]3C[C@@H]1[C@]2(O)C1(Oc2cccc4cccc(c24)O1)[C@@H]3OC(C)=O. The van der Waals surface area contributed by atoms with Crippen LogP contribution in [-0.4, -0.2) is 52.8 Å². The highest BCUT2D eigenvalue weighted by molar-refractivity contribution is 5.94. The van der Waals surface area contributed by atoms with Gasteiger partial charge in [-0.1, -0.05) is 24.3 Å². The van der Waals surface area contributed by atoms with E-state index in [0.717, 1.165) is 10.8 Å². The maximum atomic E-state index is 12.4. The van der Waals surface area contributed by atoms with E-state index in [1.807, 2.05) is 36.4 Å². The predicted octanol–water partition coefficient (Wildman–Crippen LogP) is 2.48. The summed E-state index contributed by atoms with van der Waals surface area (Å²) in [4.78, 5) is 23.9. The number of aliphatic hydroxyl groups is 1. The normalized spacial score (nSPS) is 35.7. The zero-order chi connectivity index (χ0) is 22.3. The molecule has 0 radical (unpaired) electrons. The van der Waals surface area contributed by atoms with E-state index in [0.29, 0.717) is 30.8 Å². The molecule has 8 heteroatoms. The molecule has 2 saturated heterocycles. The monoisotopic (exact) mass is 440 g/mol. The second-order valence-corrected chi connectivity index (χ2v) is 9.07. The van der Waals surface area contributed by atoms with Crippen LogP contribution in [0.5, 0.6) is 11.5 Å². The fourth-order valence-corrected chi connectivity index (χ4v) is 6.19. The highest BCUT2D eigenvalue weighted by Crippen LogP contribution is 2.60. The molecule has 3 heterocycles. The molecule has 2 aromatic carbocycles. The summed E-state index contributed by atoms with van der Waals surface area (Å²) in [7, 11) is 0. The van der Waals surface area contributed by atoms with Gasteiger partial charge in [-0.3, -0.25) is 9.59 Å². The maximum absolute atomic E-state index is 12.4. The van der Waals surface area contributed by atoms with Gasteiger partial charge in [0.15, 0.2) is 5.60 Å². The Bertz CT molecular complexity index is 1090. The molecule has 2 aliphatic carbocycles. The molecule has 2 saturated carbocycles. The number of ether oxygens (including phenoxy) is 5. The summed E-state index contributed by atoms with van der Waals surface area (Å²) in [5, 5.41) is 14.1. The number of hydrogen-bond donors (Lipinski definition) is 1. The van der Waals surface area contributed by atoms with E-state index in [-0.39, 0.29) is 0 Å². The predicted molar refractivity (Wildman–Crippen MR) is 110 cm³/mol. The minimum atomic E-state index is -1.74. The number of carbonyl (C=O) groups is 2. The summed E-state index contributed by atoms with van der Waals surface area (Å²) >= 11 is 0. The van der Waals surface area contributed by atoms with Crippen molar-refractivity contribution in [2.45, 2.75) is 68.9 Å². The first kappa shape index (κ1) is 19.8. The minimum Gasteiger partial charge on any atom is -0.462 e. The zero-order valence-corrected chi connectivity index (χ0v) is 17.8. The lowest BCUT2D eigenvalue weighted by Crippen LogP contribution is -2.87. The standard InChI is InChI=1S/C24H24O8/c1-12(25)28-16-9-10-20-23(27)15(16)11-19(30-20)22(29-13(2)26)24(23)31-17-7-3-5-14-6-4-8-18(32-24)21(14)17/h3-8,15-16,19-20,22,27H,9-11H2,1-2H3/t15-,16-,19-,20+,22+,23+/m0/s1. The Balaban J connectivity index is 1.54. The third-order valence-corrected chi connectivity index (χ3v) is 7.28. The summed E-state index contributed by atoms with van der Waals surface area (Å²) in [6, 6.07) is 11.3. The van der Waals surface area contributed by atoms with Crippen molar-refractivity contribution in [3.05, 3.63) is 36.4 Å². The van der Waals surface area contributed by atoms with Crippen LogP contribution in [-0.2, 0) is 23.8 Å². The van der Waals surface area contributed by atoms with Gasteiger partial charge in [-0.05, 0) is 36.8 Å². The van der Waals surface area contributed by atoms with E-state index < -0.39 is 53.7 Å². The van der Waals surface area contributed by atoms with Gasteiger partial charge in [0.2, 0.25) is 6.10 Å². The van der Waals surface area contributed by atoms with Crippen LogP contribution in [0.3, 0.4) is 0 Å². The molecule has 6 atom stereocenters. The molecule has 0 unspecified atom stereocenters. The molecule has 3 aliphatic heterocycles. The molecule has 32 heavy (non-hydrogen) atoms. The molecule has 2 aromatic rings. The second kappa shape index (κ2) is 6.59. The van der Waals surface area contributed by atoms with Gasteiger partial charge in [-0.15, -0.1) is 0 Å². The number of benzene rings is 2. The molecule has 8 nitrogen and oxygen atoms in total. The van der Waals surface area contributed by atoms with Crippen molar-refractivity contribution >= 4 is 22.7 Å². The molecule has 7 rings (SSSR count). The van der Waals surface area contributed by atoms with Crippen molar-refractivity contribution in [1.82, 2.24) is 0 Å². The van der Waals surface area contributed by atoms with Crippen LogP contribution in [0.2, 0.25) is 0 Å². The van der Waals surface area contributed by atoms with E-state index >= 15 is 0 Å². The molecule has 5 aliphatic rings. The quantitative estimate of drug-likeness (QED) is 0.711.